The second kappa shape index (κ2) is 4.23. The van der Waals surface area contributed by atoms with Gasteiger partial charge < -0.3 is 5.32 Å². The Morgan fingerprint density at radius 2 is 2.24 bits per heavy atom. The third kappa shape index (κ3) is 1.79. The van der Waals surface area contributed by atoms with Gasteiger partial charge in [-0.3, -0.25) is 0 Å². The van der Waals surface area contributed by atoms with Crippen LogP contribution in [0, 0.1) is 0 Å². The summed E-state index contributed by atoms with van der Waals surface area (Å²) in [5, 5.41) is 11.6. The van der Waals surface area contributed by atoms with Crippen LogP contribution in [-0.4, -0.2) is 21.5 Å². The summed E-state index contributed by atoms with van der Waals surface area (Å²) in [5.41, 5.74) is 3.81. The fraction of sp³-hybridized carbons (Fsp3) is 0.333. The Bertz CT molecular complexity index is 530. The largest absolute Gasteiger partial charge is 0.305 e. The van der Waals surface area contributed by atoms with Crippen LogP contribution in [0.2, 0.25) is 0 Å². The third-order valence-corrected chi connectivity index (χ3v) is 3.77. The van der Waals surface area contributed by atoms with Gasteiger partial charge in [0.1, 0.15) is 0 Å². The minimum Gasteiger partial charge on any atom is -0.305 e. The first-order chi connectivity index (χ1) is 8.27. The van der Waals surface area contributed by atoms with Crippen LogP contribution in [0.5, 0.6) is 0 Å². The van der Waals surface area contributed by atoms with Gasteiger partial charge in [0.05, 0.1) is 11.7 Å². The van der Waals surface area contributed by atoms with Gasteiger partial charge in [0.2, 0.25) is 0 Å². The number of halogens is 1. The fourth-order valence-corrected chi connectivity index (χ4v) is 2.95. The molecule has 5 heteroatoms. The molecule has 1 atom stereocenters. The molecule has 2 aromatic rings. The molecule has 17 heavy (non-hydrogen) atoms. The lowest BCUT2D eigenvalue weighted by molar-refractivity contribution is 0.526. The highest BCUT2D eigenvalue weighted by Crippen LogP contribution is 2.31. The van der Waals surface area contributed by atoms with Gasteiger partial charge in [0.25, 0.3) is 0 Å². The molecule has 3 rings (SSSR count). The van der Waals surface area contributed by atoms with Crippen molar-refractivity contribution < 1.29 is 0 Å². The first kappa shape index (κ1) is 10.9. The molecule has 0 spiro atoms. The molecule has 1 aliphatic rings. The highest BCUT2D eigenvalue weighted by Gasteiger charge is 2.26. The van der Waals surface area contributed by atoms with E-state index in [4.69, 9.17) is 0 Å². The lowest BCUT2D eigenvalue weighted by Crippen LogP contribution is -2.32. The van der Waals surface area contributed by atoms with Crippen LogP contribution in [0.1, 0.15) is 22.9 Å². The molecule has 88 valence electrons. The zero-order valence-electron chi connectivity index (χ0n) is 9.52. The van der Waals surface area contributed by atoms with Crippen molar-refractivity contribution in [3.63, 3.8) is 0 Å². The molecular weight excluding hydrogens is 280 g/mol. The van der Waals surface area contributed by atoms with Crippen LogP contribution in [0.4, 0.5) is 0 Å². The van der Waals surface area contributed by atoms with Crippen molar-refractivity contribution in [1.82, 2.24) is 20.3 Å². The van der Waals surface area contributed by atoms with Gasteiger partial charge in [-0.2, -0.15) is 0 Å². The summed E-state index contributed by atoms with van der Waals surface area (Å²) in [7, 11) is 1.92. The molecule has 0 fully saturated rings. The summed E-state index contributed by atoms with van der Waals surface area (Å²) in [5.74, 6) is 0. The van der Waals surface area contributed by atoms with E-state index in [1.54, 1.807) is 0 Å². The molecule has 1 aromatic carbocycles. The zero-order chi connectivity index (χ0) is 11.8. The van der Waals surface area contributed by atoms with Crippen molar-refractivity contribution in [2.24, 2.45) is 7.05 Å². The van der Waals surface area contributed by atoms with Crippen LogP contribution in [0.3, 0.4) is 0 Å². The lowest BCUT2D eigenvalue weighted by atomic mass is 9.93. The first-order valence-corrected chi connectivity index (χ1v) is 6.43. The molecule has 1 aromatic heterocycles. The maximum atomic E-state index is 4.05. The quantitative estimate of drug-likeness (QED) is 0.872. The summed E-state index contributed by atoms with van der Waals surface area (Å²) in [6, 6.07) is 8.72. The third-order valence-electron chi connectivity index (χ3n) is 3.21. The van der Waals surface area contributed by atoms with Crippen molar-refractivity contribution in [3.05, 3.63) is 45.7 Å². The van der Waals surface area contributed by atoms with E-state index >= 15 is 0 Å². The fourth-order valence-electron chi connectivity index (χ4n) is 2.39. The molecule has 2 heterocycles. The Labute approximate surface area is 108 Å². The summed E-state index contributed by atoms with van der Waals surface area (Å²) in [6.45, 7) is 0.985. The Hall–Kier alpha value is -1.20. The smallest absolute Gasteiger partial charge is 0.153 e. The normalized spacial score (nSPS) is 19.1. The SMILES string of the molecule is Cn1nnc(Br)c1C1NCCc2ccccc21. The predicted octanol–water partition coefficient (Wildman–Crippen LogP) is 1.81. The number of hydrogen-bond acceptors (Lipinski definition) is 3. The molecule has 0 amide bonds. The monoisotopic (exact) mass is 292 g/mol. The van der Waals surface area contributed by atoms with Gasteiger partial charge in [-0.25, -0.2) is 4.68 Å². The number of aromatic nitrogens is 3. The number of nitrogens with one attached hydrogen (secondary N) is 1. The maximum Gasteiger partial charge on any atom is 0.153 e. The summed E-state index contributed by atoms with van der Waals surface area (Å²) >= 11 is 3.47. The summed E-state index contributed by atoms with van der Waals surface area (Å²) in [4.78, 5) is 0. The number of aryl methyl sites for hydroxylation is 1. The number of hydrogen-bond donors (Lipinski definition) is 1. The zero-order valence-corrected chi connectivity index (χ0v) is 11.1. The first-order valence-electron chi connectivity index (χ1n) is 5.63. The second-order valence-electron chi connectivity index (χ2n) is 4.23. The van der Waals surface area contributed by atoms with E-state index in [9.17, 15) is 0 Å². The van der Waals surface area contributed by atoms with E-state index in [1.165, 1.54) is 11.1 Å². The average Bonchev–Trinajstić information content (AvgIpc) is 2.69. The van der Waals surface area contributed by atoms with Gasteiger partial charge in [0.15, 0.2) is 4.60 Å². The molecule has 1 aliphatic heterocycles. The Morgan fingerprint density at radius 3 is 3.00 bits per heavy atom. The number of nitrogens with zero attached hydrogens (tertiary/aromatic N) is 3. The van der Waals surface area contributed by atoms with Crippen molar-refractivity contribution >= 4 is 15.9 Å². The molecule has 0 bridgehead atoms. The number of fused-ring (bicyclic) bond motifs is 1. The molecule has 0 saturated carbocycles. The topological polar surface area (TPSA) is 42.7 Å². The minimum absolute atomic E-state index is 0.175. The molecule has 4 nitrogen and oxygen atoms in total. The van der Waals surface area contributed by atoms with Crippen LogP contribution in [0.15, 0.2) is 28.9 Å². The molecule has 0 saturated heterocycles. The summed E-state index contributed by atoms with van der Waals surface area (Å²) in [6.07, 6.45) is 1.08. The van der Waals surface area contributed by atoms with Crippen molar-refractivity contribution in [3.8, 4) is 0 Å². The van der Waals surface area contributed by atoms with Gasteiger partial charge in [0, 0.05) is 13.6 Å². The summed E-state index contributed by atoms with van der Waals surface area (Å²) < 4.78 is 2.64. The second-order valence-corrected chi connectivity index (χ2v) is 4.98. The Morgan fingerprint density at radius 1 is 1.41 bits per heavy atom. The van der Waals surface area contributed by atoms with Crippen LogP contribution < -0.4 is 5.32 Å². The van der Waals surface area contributed by atoms with Crippen molar-refractivity contribution in [2.75, 3.05) is 6.54 Å². The molecule has 0 radical (unpaired) electrons. The van der Waals surface area contributed by atoms with E-state index < -0.39 is 0 Å². The molecule has 1 N–H and O–H groups in total. The minimum atomic E-state index is 0.175. The highest BCUT2D eigenvalue weighted by atomic mass is 79.9. The molecule has 0 aliphatic carbocycles. The van der Waals surface area contributed by atoms with E-state index in [2.05, 4.69) is 55.8 Å². The lowest BCUT2D eigenvalue weighted by Gasteiger charge is -2.26. The van der Waals surface area contributed by atoms with E-state index in [-0.39, 0.29) is 6.04 Å². The van der Waals surface area contributed by atoms with Crippen molar-refractivity contribution in [1.29, 1.82) is 0 Å². The maximum absolute atomic E-state index is 4.05. The van der Waals surface area contributed by atoms with Gasteiger partial charge in [-0.05, 0) is 33.5 Å². The molecular formula is C12H13BrN4. The Balaban J connectivity index is 2.12. The van der Waals surface area contributed by atoms with Gasteiger partial charge >= 0.3 is 0 Å². The van der Waals surface area contributed by atoms with E-state index in [0.717, 1.165) is 23.3 Å². The highest BCUT2D eigenvalue weighted by molar-refractivity contribution is 9.10. The van der Waals surface area contributed by atoms with Gasteiger partial charge in [-0.1, -0.05) is 29.5 Å². The van der Waals surface area contributed by atoms with Crippen LogP contribution in [-0.2, 0) is 13.5 Å². The average molecular weight is 293 g/mol. The number of benzene rings is 1. The van der Waals surface area contributed by atoms with Gasteiger partial charge in [-0.15, -0.1) is 5.10 Å². The van der Waals surface area contributed by atoms with Crippen LogP contribution >= 0.6 is 15.9 Å². The van der Waals surface area contributed by atoms with Crippen molar-refractivity contribution in [2.45, 2.75) is 12.5 Å². The molecule has 1 unspecified atom stereocenters. The Kier molecular flexibility index (Phi) is 2.72. The van der Waals surface area contributed by atoms with E-state index in [0.29, 0.717) is 0 Å². The van der Waals surface area contributed by atoms with E-state index in [1.807, 2.05) is 11.7 Å². The number of rotatable bonds is 1. The standard InChI is InChI=1S/C12H13BrN4/c1-17-11(12(13)15-16-17)10-9-5-3-2-4-8(9)6-7-14-10/h2-5,10,14H,6-7H2,1H3. The van der Waals surface area contributed by atoms with Crippen LogP contribution in [0.25, 0.3) is 0 Å². The predicted molar refractivity (Wildman–Crippen MR) is 68.7 cm³/mol.